The Labute approximate surface area is 91.2 Å². The normalized spacial score (nSPS) is 27.8. The number of amides is 1. The molecule has 0 spiro atoms. The summed E-state index contributed by atoms with van der Waals surface area (Å²) >= 11 is 0. The predicted molar refractivity (Wildman–Crippen MR) is 58.0 cm³/mol. The van der Waals surface area contributed by atoms with E-state index in [-0.39, 0.29) is 11.4 Å². The van der Waals surface area contributed by atoms with Crippen molar-refractivity contribution in [2.45, 2.75) is 39.2 Å². The van der Waals surface area contributed by atoms with Crippen molar-refractivity contribution in [2.24, 2.45) is 5.92 Å². The van der Waals surface area contributed by atoms with Gasteiger partial charge in [0.25, 0.3) is 0 Å². The van der Waals surface area contributed by atoms with Crippen molar-refractivity contribution in [1.29, 1.82) is 0 Å². The molecule has 0 bridgehead atoms. The Morgan fingerprint density at radius 2 is 2.13 bits per heavy atom. The summed E-state index contributed by atoms with van der Waals surface area (Å²) in [5.41, 5.74) is -0.111. The Morgan fingerprint density at radius 3 is 2.53 bits per heavy atom. The van der Waals surface area contributed by atoms with Crippen molar-refractivity contribution < 1.29 is 9.59 Å². The highest BCUT2D eigenvalue weighted by Gasteiger charge is 2.46. The molecule has 1 saturated heterocycles. The number of aldehydes is 1. The molecule has 0 N–H and O–H groups in total. The van der Waals surface area contributed by atoms with E-state index in [1.165, 1.54) is 0 Å². The Balaban J connectivity index is 2.78. The fourth-order valence-electron chi connectivity index (χ4n) is 1.98. The van der Waals surface area contributed by atoms with Crippen molar-refractivity contribution in [3.8, 4) is 0 Å². The van der Waals surface area contributed by atoms with Gasteiger partial charge in [0.1, 0.15) is 6.29 Å². The van der Waals surface area contributed by atoms with E-state index in [0.29, 0.717) is 25.3 Å². The number of rotatable bonds is 4. The fourth-order valence-corrected chi connectivity index (χ4v) is 1.98. The quantitative estimate of drug-likeness (QED) is 0.654. The first-order valence-electron chi connectivity index (χ1n) is 5.41. The summed E-state index contributed by atoms with van der Waals surface area (Å²) in [6.07, 6.45) is 1.80. The first-order chi connectivity index (χ1) is 6.93. The van der Waals surface area contributed by atoms with Gasteiger partial charge in [0.2, 0.25) is 5.91 Å². The van der Waals surface area contributed by atoms with Crippen LogP contribution in [-0.2, 0) is 9.59 Å². The molecule has 0 radical (unpaired) electrons. The maximum absolute atomic E-state index is 11.8. The lowest BCUT2D eigenvalue weighted by Gasteiger charge is -2.38. The Hall–Kier alpha value is -0.900. The third-order valence-corrected chi connectivity index (χ3v) is 3.60. The van der Waals surface area contributed by atoms with E-state index >= 15 is 0 Å². The summed E-state index contributed by atoms with van der Waals surface area (Å²) in [7, 11) is 1.93. The van der Waals surface area contributed by atoms with Crippen LogP contribution < -0.4 is 0 Å². The zero-order valence-corrected chi connectivity index (χ0v) is 9.99. The van der Waals surface area contributed by atoms with Gasteiger partial charge in [-0.3, -0.25) is 9.80 Å². The van der Waals surface area contributed by atoms with Crippen LogP contribution in [-0.4, -0.2) is 41.3 Å². The average molecular weight is 212 g/mol. The molecule has 1 unspecified atom stereocenters. The van der Waals surface area contributed by atoms with Crippen LogP contribution in [0.15, 0.2) is 0 Å². The van der Waals surface area contributed by atoms with E-state index in [1.807, 2.05) is 12.1 Å². The molecule has 0 saturated carbocycles. The zero-order valence-electron chi connectivity index (χ0n) is 9.99. The average Bonchev–Trinajstić information content (AvgIpc) is 2.37. The number of carbonyl (C=O) groups excluding carboxylic acids is 2. The van der Waals surface area contributed by atoms with Gasteiger partial charge in [-0.05, 0) is 12.8 Å². The molecule has 86 valence electrons. The van der Waals surface area contributed by atoms with Crippen LogP contribution in [0.5, 0.6) is 0 Å². The van der Waals surface area contributed by atoms with Crippen molar-refractivity contribution in [2.75, 3.05) is 13.6 Å². The maximum Gasteiger partial charge on any atom is 0.238 e. The first kappa shape index (κ1) is 12.2. The molecule has 0 aromatic carbocycles. The maximum atomic E-state index is 11.8. The summed E-state index contributed by atoms with van der Waals surface area (Å²) in [6, 6.07) is 0. The first-order valence-corrected chi connectivity index (χ1v) is 5.41. The number of hydrazine groups is 1. The summed E-state index contributed by atoms with van der Waals surface area (Å²) in [5, 5.41) is 3.68. The lowest BCUT2D eigenvalue weighted by atomic mass is 9.86. The van der Waals surface area contributed by atoms with E-state index in [0.717, 1.165) is 6.29 Å². The zero-order chi connectivity index (χ0) is 11.6. The molecule has 1 fully saturated rings. The van der Waals surface area contributed by atoms with Gasteiger partial charge < -0.3 is 4.79 Å². The molecule has 15 heavy (non-hydrogen) atoms. The van der Waals surface area contributed by atoms with Crippen LogP contribution in [0.1, 0.15) is 33.6 Å². The summed E-state index contributed by atoms with van der Waals surface area (Å²) in [5.74, 6) is 0.531. The number of carbonyl (C=O) groups is 2. The van der Waals surface area contributed by atoms with Gasteiger partial charge in [0.05, 0.1) is 0 Å². The van der Waals surface area contributed by atoms with Gasteiger partial charge in [-0.15, -0.1) is 0 Å². The van der Waals surface area contributed by atoms with E-state index in [1.54, 1.807) is 5.01 Å². The van der Waals surface area contributed by atoms with Gasteiger partial charge in [-0.2, -0.15) is 0 Å². The molecule has 1 rings (SSSR count). The van der Waals surface area contributed by atoms with Crippen LogP contribution >= 0.6 is 0 Å². The highest BCUT2D eigenvalue weighted by Crippen LogP contribution is 2.34. The highest BCUT2D eigenvalue weighted by atomic mass is 16.2. The van der Waals surface area contributed by atoms with Gasteiger partial charge >= 0.3 is 0 Å². The van der Waals surface area contributed by atoms with Gasteiger partial charge in [0, 0.05) is 32.0 Å². The minimum absolute atomic E-state index is 0.111. The Kier molecular flexibility index (Phi) is 3.50. The standard InChI is InChI=1S/C11H20N2O2/c1-9(2)11(3)8-10(15)13(12(11)4)6-5-7-14/h7,9H,5-6,8H2,1-4H3. The van der Waals surface area contributed by atoms with Crippen LogP contribution in [0.4, 0.5) is 0 Å². The topological polar surface area (TPSA) is 40.6 Å². The molecular formula is C11H20N2O2. The lowest BCUT2D eigenvalue weighted by Crippen LogP contribution is -2.49. The molecule has 4 heteroatoms. The van der Waals surface area contributed by atoms with Crippen LogP contribution in [0.25, 0.3) is 0 Å². The van der Waals surface area contributed by atoms with E-state index in [9.17, 15) is 9.59 Å². The van der Waals surface area contributed by atoms with Crippen LogP contribution in [0, 0.1) is 5.92 Å². The number of nitrogens with zero attached hydrogens (tertiary/aromatic N) is 2. The number of hydrogen-bond donors (Lipinski definition) is 0. The van der Waals surface area contributed by atoms with E-state index < -0.39 is 0 Å². The SMILES string of the molecule is CC(C)C1(C)CC(=O)N(CCC=O)N1C. The molecule has 4 nitrogen and oxygen atoms in total. The Morgan fingerprint density at radius 1 is 1.53 bits per heavy atom. The molecular weight excluding hydrogens is 192 g/mol. The van der Waals surface area contributed by atoms with Crippen molar-refractivity contribution in [3.05, 3.63) is 0 Å². The second-order valence-electron chi connectivity index (χ2n) is 4.68. The molecule has 0 aliphatic carbocycles. The molecule has 0 aromatic rings. The number of hydrogen-bond acceptors (Lipinski definition) is 3. The predicted octanol–water partition coefficient (Wildman–Crippen LogP) is 1.07. The minimum atomic E-state index is -0.111. The summed E-state index contributed by atoms with van der Waals surface area (Å²) in [6.45, 7) is 6.83. The Bertz CT molecular complexity index is 265. The van der Waals surface area contributed by atoms with Gasteiger partial charge in [-0.25, -0.2) is 5.01 Å². The summed E-state index contributed by atoms with van der Waals surface area (Å²) in [4.78, 5) is 22.1. The van der Waals surface area contributed by atoms with Crippen molar-refractivity contribution >= 4 is 12.2 Å². The fraction of sp³-hybridized carbons (Fsp3) is 0.818. The highest BCUT2D eigenvalue weighted by molar-refractivity contribution is 5.79. The summed E-state index contributed by atoms with van der Waals surface area (Å²) < 4.78 is 0. The lowest BCUT2D eigenvalue weighted by molar-refractivity contribution is -0.139. The minimum Gasteiger partial charge on any atom is -0.303 e. The second-order valence-corrected chi connectivity index (χ2v) is 4.68. The molecule has 1 atom stereocenters. The molecule has 1 heterocycles. The smallest absolute Gasteiger partial charge is 0.238 e. The van der Waals surface area contributed by atoms with Gasteiger partial charge in [0.15, 0.2) is 0 Å². The van der Waals surface area contributed by atoms with Crippen LogP contribution in [0.3, 0.4) is 0 Å². The van der Waals surface area contributed by atoms with Crippen LogP contribution in [0.2, 0.25) is 0 Å². The van der Waals surface area contributed by atoms with Crippen molar-refractivity contribution in [1.82, 2.24) is 10.0 Å². The monoisotopic (exact) mass is 212 g/mol. The third kappa shape index (κ3) is 2.04. The molecule has 1 aliphatic heterocycles. The largest absolute Gasteiger partial charge is 0.303 e. The van der Waals surface area contributed by atoms with Crippen molar-refractivity contribution in [3.63, 3.8) is 0 Å². The molecule has 1 aliphatic rings. The molecule has 0 aromatic heterocycles. The van der Waals surface area contributed by atoms with E-state index in [4.69, 9.17) is 0 Å². The molecule has 1 amide bonds. The van der Waals surface area contributed by atoms with Gasteiger partial charge in [-0.1, -0.05) is 13.8 Å². The van der Waals surface area contributed by atoms with E-state index in [2.05, 4.69) is 20.8 Å². The third-order valence-electron chi connectivity index (χ3n) is 3.60. The second kappa shape index (κ2) is 4.31.